The van der Waals surface area contributed by atoms with Crippen LogP contribution in [-0.2, 0) is 17.7 Å². The van der Waals surface area contributed by atoms with Crippen molar-refractivity contribution in [3.8, 4) is 17.2 Å². The predicted octanol–water partition coefficient (Wildman–Crippen LogP) is 5.68. The normalized spacial score (nSPS) is 17.5. The first-order valence-electron chi connectivity index (χ1n) is 11.1. The van der Waals surface area contributed by atoms with E-state index in [9.17, 15) is 0 Å². The molecule has 0 bridgehead atoms. The number of nitrogens with zero attached hydrogens (tertiary/aromatic N) is 1. The highest BCUT2D eigenvalue weighted by Gasteiger charge is 2.33. The molecule has 5 nitrogen and oxygen atoms in total. The monoisotopic (exact) mass is 429 g/mol. The molecule has 0 spiro atoms. The molecule has 1 aromatic rings. The largest absolute Gasteiger partial charge is 0.494 e. The summed E-state index contributed by atoms with van der Waals surface area (Å²) in [5.41, 5.74) is 5.88. The molecular weight excluding hydrogens is 390 g/mol. The molecule has 1 unspecified atom stereocenters. The molecule has 0 aliphatic carbocycles. The Labute approximate surface area is 188 Å². The van der Waals surface area contributed by atoms with Crippen LogP contribution >= 0.6 is 0 Å². The number of likely N-dealkylation sites (N-methyl/N-ethyl adjacent to an activating group) is 1. The molecule has 1 aromatic carbocycles. The van der Waals surface area contributed by atoms with E-state index in [4.69, 9.17) is 18.9 Å². The molecule has 0 aromatic heterocycles. The van der Waals surface area contributed by atoms with Gasteiger partial charge in [-0.15, -0.1) is 0 Å². The minimum Gasteiger partial charge on any atom is -0.494 e. The topological polar surface area (TPSA) is 40.2 Å². The standard InChI is InChI=1S/C26H39NO4/c1-10-18(6)23(31-12-3)15-20(17(4)5)22-13-19-14-24(28-7)26(30-9)25(29-8)21(19)16-27(22)11-2/h14-15,22H,4,10-13,16H2,1-3,5-9H3. The minimum atomic E-state index is 0.193. The van der Waals surface area contributed by atoms with Gasteiger partial charge in [0.05, 0.1) is 27.9 Å². The summed E-state index contributed by atoms with van der Waals surface area (Å²) in [6.45, 7) is 17.2. The molecule has 5 heteroatoms. The summed E-state index contributed by atoms with van der Waals surface area (Å²) in [5.74, 6) is 3.05. The van der Waals surface area contributed by atoms with Gasteiger partial charge in [0.1, 0.15) is 5.76 Å². The van der Waals surface area contributed by atoms with Gasteiger partial charge in [-0.1, -0.05) is 26.0 Å². The van der Waals surface area contributed by atoms with Gasteiger partial charge in [0.25, 0.3) is 0 Å². The lowest BCUT2D eigenvalue weighted by atomic mass is 9.86. The van der Waals surface area contributed by atoms with Crippen molar-refractivity contribution in [2.45, 2.75) is 60.0 Å². The van der Waals surface area contributed by atoms with Gasteiger partial charge in [-0.05, 0) is 69.0 Å². The Morgan fingerprint density at radius 2 is 1.77 bits per heavy atom. The van der Waals surface area contributed by atoms with Gasteiger partial charge in [0.2, 0.25) is 5.75 Å². The van der Waals surface area contributed by atoms with Crippen molar-refractivity contribution >= 4 is 0 Å². The van der Waals surface area contributed by atoms with Crippen LogP contribution in [0.1, 0.15) is 52.2 Å². The number of rotatable bonds is 10. The first-order valence-corrected chi connectivity index (χ1v) is 11.1. The smallest absolute Gasteiger partial charge is 0.203 e. The molecule has 0 saturated carbocycles. The van der Waals surface area contributed by atoms with E-state index in [-0.39, 0.29) is 6.04 Å². The van der Waals surface area contributed by atoms with Crippen LogP contribution in [-0.4, -0.2) is 45.4 Å². The molecule has 31 heavy (non-hydrogen) atoms. The van der Waals surface area contributed by atoms with Crippen molar-refractivity contribution in [3.63, 3.8) is 0 Å². The molecule has 0 fully saturated rings. The summed E-state index contributed by atoms with van der Waals surface area (Å²) in [4.78, 5) is 2.46. The lowest BCUT2D eigenvalue weighted by Gasteiger charge is -2.39. The Bertz CT molecular complexity index is 853. The summed E-state index contributed by atoms with van der Waals surface area (Å²) >= 11 is 0. The van der Waals surface area contributed by atoms with E-state index in [0.717, 1.165) is 48.6 Å². The minimum absolute atomic E-state index is 0.193. The summed E-state index contributed by atoms with van der Waals surface area (Å²) < 4.78 is 23.0. The van der Waals surface area contributed by atoms with Gasteiger partial charge in [-0.25, -0.2) is 0 Å². The fourth-order valence-corrected chi connectivity index (χ4v) is 4.17. The second-order valence-electron chi connectivity index (χ2n) is 7.88. The van der Waals surface area contributed by atoms with E-state index >= 15 is 0 Å². The number of allylic oxidation sites excluding steroid dienone is 2. The molecule has 0 radical (unpaired) electrons. The van der Waals surface area contributed by atoms with Crippen LogP contribution in [0.3, 0.4) is 0 Å². The first kappa shape index (κ1) is 24.9. The number of fused-ring (bicyclic) bond motifs is 1. The van der Waals surface area contributed by atoms with Crippen LogP contribution in [0.4, 0.5) is 0 Å². The highest BCUT2D eigenvalue weighted by Crippen LogP contribution is 2.45. The summed E-state index contributed by atoms with van der Waals surface area (Å²) in [5, 5.41) is 0. The van der Waals surface area contributed by atoms with Crippen LogP contribution < -0.4 is 14.2 Å². The molecule has 1 aliphatic rings. The van der Waals surface area contributed by atoms with Crippen molar-refractivity contribution in [1.82, 2.24) is 4.90 Å². The second-order valence-corrected chi connectivity index (χ2v) is 7.88. The highest BCUT2D eigenvalue weighted by atomic mass is 16.5. The lowest BCUT2D eigenvalue weighted by molar-refractivity contribution is 0.200. The van der Waals surface area contributed by atoms with E-state index in [2.05, 4.69) is 51.3 Å². The number of ether oxygens (including phenoxy) is 4. The third-order valence-corrected chi connectivity index (χ3v) is 6.04. The SMILES string of the molecule is C=C(C)C(=CC(OCC)=C(C)CC)C1Cc2cc(OC)c(OC)c(OC)c2CN1CC. The fraction of sp³-hybridized carbons (Fsp3) is 0.538. The van der Waals surface area contributed by atoms with Crippen molar-refractivity contribution < 1.29 is 18.9 Å². The Morgan fingerprint density at radius 3 is 2.26 bits per heavy atom. The molecular formula is C26H39NO4. The van der Waals surface area contributed by atoms with Crippen molar-refractivity contribution in [2.75, 3.05) is 34.5 Å². The molecule has 0 amide bonds. The van der Waals surface area contributed by atoms with E-state index in [1.165, 1.54) is 16.7 Å². The van der Waals surface area contributed by atoms with Gasteiger partial charge in [0.15, 0.2) is 11.5 Å². The highest BCUT2D eigenvalue weighted by molar-refractivity contribution is 5.60. The molecule has 0 saturated heterocycles. The third-order valence-electron chi connectivity index (χ3n) is 6.04. The van der Waals surface area contributed by atoms with Crippen LogP contribution in [0.2, 0.25) is 0 Å². The molecule has 1 heterocycles. The molecule has 0 N–H and O–H groups in total. The summed E-state index contributed by atoms with van der Waals surface area (Å²) in [7, 11) is 5.00. The zero-order chi connectivity index (χ0) is 23.1. The lowest BCUT2D eigenvalue weighted by Crippen LogP contribution is -2.42. The van der Waals surface area contributed by atoms with Gasteiger partial charge in [0, 0.05) is 18.2 Å². The van der Waals surface area contributed by atoms with Gasteiger partial charge >= 0.3 is 0 Å². The Hall–Kier alpha value is -2.40. The van der Waals surface area contributed by atoms with Gasteiger partial charge in [-0.3, -0.25) is 4.90 Å². The Kier molecular flexibility index (Phi) is 9.05. The number of methoxy groups -OCH3 is 3. The number of hydrogen-bond acceptors (Lipinski definition) is 5. The average molecular weight is 430 g/mol. The van der Waals surface area contributed by atoms with Crippen LogP contribution in [0.15, 0.2) is 41.2 Å². The zero-order valence-corrected chi connectivity index (χ0v) is 20.6. The maximum Gasteiger partial charge on any atom is 0.203 e. The summed E-state index contributed by atoms with van der Waals surface area (Å²) in [6.07, 6.45) is 3.98. The fourth-order valence-electron chi connectivity index (χ4n) is 4.17. The van der Waals surface area contributed by atoms with Crippen LogP contribution in [0, 0.1) is 0 Å². The van der Waals surface area contributed by atoms with Crippen molar-refractivity contribution in [1.29, 1.82) is 0 Å². The third kappa shape index (κ3) is 5.27. The predicted molar refractivity (Wildman–Crippen MR) is 127 cm³/mol. The van der Waals surface area contributed by atoms with Crippen LogP contribution in [0.25, 0.3) is 0 Å². The van der Waals surface area contributed by atoms with Crippen LogP contribution in [0.5, 0.6) is 17.2 Å². The zero-order valence-electron chi connectivity index (χ0n) is 20.6. The number of hydrogen-bond donors (Lipinski definition) is 0. The van der Waals surface area contributed by atoms with Crippen molar-refractivity contribution in [2.24, 2.45) is 0 Å². The number of benzene rings is 1. The second kappa shape index (κ2) is 11.3. The molecule has 172 valence electrons. The quantitative estimate of drug-likeness (QED) is 0.353. The van der Waals surface area contributed by atoms with Gasteiger partial charge in [-0.2, -0.15) is 0 Å². The Balaban J connectivity index is 2.62. The van der Waals surface area contributed by atoms with E-state index < -0.39 is 0 Å². The van der Waals surface area contributed by atoms with E-state index in [0.29, 0.717) is 18.1 Å². The van der Waals surface area contributed by atoms with Crippen molar-refractivity contribution in [3.05, 3.63) is 52.3 Å². The molecule has 2 rings (SSSR count). The average Bonchev–Trinajstić information content (AvgIpc) is 2.78. The van der Waals surface area contributed by atoms with E-state index in [1.54, 1.807) is 21.3 Å². The first-order chi connectivity index (χ1) is 14.9. The molecule has 1 aliphatic heterocycles. The van der Waals surface area contributed by atoms with E-state index in [1.807, 2.05) is 6.92 Å². The maximum atomic E-state index is 5.99. The maximum absolute atomic E-state index is 5.99. The molecule has 1 atom stereocenters. The van der Waals surface area contributed by atoms with Gasteiger partial charge < -0.3 is 18.9 Å². The summed E-state index contributed by atoms with van der Waals surface area (Å²) in [6, 6.07) is 2.28. The Morgan fingerprint density at radius 1 is 1.10 bits per heavy atom.